The molecule has 0 aliphatic carbocycles. The molecule has 8 nitrogen and oxygen atoms in total. The summed E-state index contributed by atoms with van der Waals surface area (Å²) in [5.41, 5.74) is -0.542. The van der Waals surface area contributed by atoms with Crippen LogP contribution in [0.3, 0.4) is 0 Å². The maximum absolute atomic E-state index is 12.8. The van der Waals surface area contributed by atoms with Crippen LogP contribution in [0.4, 0.5) is 9.18 Å². The lowest BCUT2D eigenvalue weighted by Gasteiger charge is -2.20. The number of nitrogens with zero attached hydrogens (tertiary/aromatic N) is 1. The van der Waals surface area contributed by atoms with Crippen molar-refractivity contribution in [2.45, 2.75) is 39.4 Å². The molecule has 0 aromatic heterocycles. The molecule has 0 aliphatic rings. The van der Waals surface area contributed by atoms with Crippen molar-refractivity contribution in [3.8, 4) is 5.75 Å². The van der Waals surface area contributed by atoms with Crippen LogP contribution in [0.15, 0.2) is 29.3 Å². The average Bonchev–Trinajstić information content (AvgIpc) is 2.61. The highest BCUT2D eigenvalue weighted by Gasteiger charge is 2.15. The molecule has 4 N–H and O–H groups in total. The number of amides is 1. The normalized spacial score (nSPS) is 12.9. The van der Waals surface area contributed by atoms with Gasteiger partial charge < -0.3 is 30.5 Å². The number of rotatable bonds is 9. The third-order valence-corrected chi connectivity index (χ3v) is 3.15. The Hall–Kier alpha value is -2.55. The molecule has 1 atom stereocenters. The van der Waals surface area contributed by atoms with Crippen molar-refractivity contribution in [2.75, 3.05) is 32.8 Å². The van der Waals surface area contributed by atoms with Crippen LogP contribution in [0.25, 0.3) is 0 Å². The van der Waals surface area contributed by atoms with Crippen molar-refractivity contribution in [3.05, 3.63) is 30.1 Å². The molecular weight excluding hydrogens is 367 g/mol. The highest BCUT2D eigenvalue weighted by Crippen LogP contribution is 2.11. The second-order valence-electron chi connectivity index (χ2n) is 6.99. The van der Waals surface area contributed by atoms with Gasteiger partial charge in [-0.25, -0.2) is 9.18 Å². The number of benzene rings is 1. The smallest absolute Gasteiger partial charge is 0.407 e. The molecule has 0 saturated heterocycles. The highest BCUT2D eigenvalue weighted by atomic mass is 19.1. The number of hydrogen-bond acceptors (Lipinski definition) is 5. The SMILES string of the molecule is CCNC(=NCC(O)COc1ccc(F)cc1)NCCNC(=O)OC(C)(C)C. The van der Waals surface area contributed by atoms with Crippen molar-refractivity contribution in [3.63, 3.8) is 0 Å². The molecule has 0 fully saturated rings. The summed E-state index contributed by atoms with van der Waals surface area (Å²) in [4.78, 5) is 15.9. The molecule has 9 heteroatoms. The van der Waals surface area contributed by atoms with E-state index in [1.807, 2.05) is 6.92 Å². The molecule has 0 aliphatic heterocycles. The van der Waals surface area contributed by atoms with E-state index >= 15 is 0 Å². The molecule has 0 saturated carbocycles. The van der Waals surface area contributed by atoms with Gasteiger partial charge in [-0.2, -0.15) is 0 Å². The molecule has 1 unspecified atom stereocenters. The summed E-state index contributed by atoms with van der Waals surface area (Å²) in [6.07, 6.45) is -1.30. The number of carbonyl (C=O) groups excluding carboxylic acids is 1. The Morgan fingerprint density at radius 2 is 1.82 bits per heavy atom. The second kappa shape index (κ2) is 12.0. The van der Waals surface area contributed by atoms with Gasteiger partial charge in [0.25, 0.3) is 0 Å². The van der Waals surface area contributed by atoms with E-state index in [2.05, 4.69) is 20.9 Å². The maximum Gasteiger partial charge on any atom is 0.407 e. The van der Waals surface area contributed by atoms with Crippen molar-refractivity contribution in [1.82, 2.24) is 16.0 Å². The molecule has 1 amide bonds. The third kappa shape index (κ3) is 11.2. The number of hydrogen-bond donors (Lipinski definition) is 4. The van der Waals surface area contributed by atoms with Crippen molar-refractivity contribution in [2.24, 2.45) is 4.99 Å². The molecule has 0 spiro atoms. The predicted octanol–water partition coefficient (Wildman–Crippen LogP) is 1.65. The highest BCUT2D eigenvalue weighted by molar-refractivity contribution is 5.79. The van der Waals surface area contributed by atoms with Gasteiger partial charge in [0.05, 0.1) is 6.54 Å². The van der Waals surface area contributed by atoms with Gasteiger partial charge in [-0.3, -0.25) is 4.99 Å². The van der Waals surface area contributed by atoms with E-state index in [0.29, 0.717) is 31.3 Å². The van der Waals surface area contributed by atoms with Gasteiger partial charge in [-0.15, -0.1) is 0 Å². The Balaban J connectivity index is 2.33. The van der Waals surface area contributed by atoms with E-state index in [1.54, 1.807) is 20.8 Å². The number of aliphatic hydroxyl groups is 1. The van der Waals surface area contributed by atoms with E-state index in [-0.39, 0.29) is 19.0 Å². The summed E-state index contributed by atoms with van der Waals surface area (Å²) in [6, 6.07) is 5.57. The standard InChI is InChI=1S/C19H31FN4O4/c1-5-21-17(22-10-11-23-18(26)28-19(2,3)4)24-12-15(25)13-27-16-8-6-14(20)7-9-16/h6-9,15,25H,5,10-13H2,1-4H3,(H,23,26)(H2,21,22,24). The van der Waals surface area contributed by atoms with Crippen LogP contribution < -0.4 is 20.7 Å². The minimum absolute atomic E-state index is 0.0364. The lowest BCUT2D eigenvalue weighted by Crippen LogP contribution is -2.43. The lowest BCUT2D eigenvalue weighted by molar-refractivity contribution is 0.0529. The zero-order chi connectivity index (χ0) is 21.0. The fourth-order valence-corrected chi connectivity index (χ4v) is 1.97. The summed E-state index contributed by atoms with van der Waals surface area (Å²) in [5, 5.41) is 18.7. The van der Waals surface area contributed by atoms with Crippen LogP contribution >= 0.6 is 0 Å². The molecule has 1 rings (SSSR count). The van der Waals surface area contributed by atoms with Crippen LogP contribution in [0.1, 0.15) is 27.7 Å². The first kappa shape index (κ1) is 23.5. The number of aliphatic imine (C=N–C) groups is 1. The number of carbonyl (C=O) groups is 1. The van der Waals surface area contributed by atoms with Gasteiger partial charge in [-0.05, 0) is 52.0 Å². The van der Waals surface area contributed by atoms with Gasteiger partial charge >= 0.3 is 6.09 Å². The van der Waals surface area contributed by atoms with Gasteiger partial charge in [0.15, 0.2) is 5.96 Å². The predicted molar refractivity (Wildman–Crippen MR) is 106 cm³/mol. The van der Waals surface area contributed by atoms with E-state index in [4.69, 9.17) is 9.47 Å². The minimum Gasteiger partial charge on any atom is -0.491 e. The van der Waals surface area contributed by atoms with E-state index in [1.165, 1.54) is 24.3 Å². The van der Waals surface area contributed by atoms with Crippen molar-refractivity contribution < 1.29 is 23.8 Å². The van der Waals surface area contributed by atoms with Crippen LogP contribution in [0.5, 0.6) is 5.75 Å². The molecule has 0 radical (unpaired) electrons. The number of halogens is 1. The van der Waals surface area contributed by atoms with Crippen LogP contribution in [-0.2, 0) is 4.74 Å². The molecule has 1 aromatic rings. The third-order valence-electron chi connectivity index (χ3n) is 3.15. The van der Waals surface area contributed by atoms with Crippen LogP contribution in [0.2, 0.25) is 0 Å². The first-order valence-corrected chi connectivity index (χ1v) is 9.25. The minimum atomic E-state index is -0.819. The zero-order valence-electron chi connectivity index (χ0n) is 16.9. The van der Waals surface area contributed by atoms with Crippen LogP contribution in [0, 0.1) is 5.82 Å². The lowest BCUT2D eigenvalue weighted by atomic mass is 10.2. The summed E-state index contributed by atoms with van der Waals surface area (Å²) in [5.74, 6) is 0.636. The Kier molecular flexibility index (Phi) is 10.1. The van der Waals surface area contributed by atoms with Crippen molar-refractivity contribution in [1.29, 1.82) is 0 Å². The largest absolute Gasteiger partial charge is 0.491 e. The Morgan fingerprint density at radius 1 is 1.18 bits per heavy atom. The fourth-order valence-electron chi connectivity index (χ4n) is 1.97. The number of ether oxygens (including phenoxy) is 2. The quantitative estimate of drug-likeness (QED) is 0.286. The number of guanidine groups is 1. The Labute approximate surface area is 165 Å². The first-order valence-electron chi connectivity index (χ1n) is 9.25. The first-order chi connectivity index (χ1) is 13.2. The Morgan fingerprint density at radius 3 is 2.43 bits per heavy atom. The molecule has 28 heavy (non-hydrogen) atoms. The molecule has 158 valence electrons. The van der Waals surface area contributed by atoms with Gasteiger partial charge in [0.1, 0.15) is 29.9 Å². The van der Waals surface area contributed by atoms with Gasteiger partial charge in [0.2, 0.25) is 0 Å². The summed E-state index contributed by atoms with van der Waals surface area (Å²) >= 11 is 0. The number of nitrogens with one attached hydrogen (secondary N) is 3. The summed E-state index contributed by atoms with van der Waals surface area (Å²) < 4.78 is 23.4. The molecule has 0 bridgehead atoms. The van der Waals surface area contributed by atoms with Gasteiger partial charge in [-0.1, -0.05) is 0 Å². The molecular formula is C19H31FN4O4. The number of aliphatic hydroxyl groups excluding tert-OH is 1. The number of alkyl carbamates (subject to hydrolysis) is 1. The summed E-state index contributed by atoms with van der Waals surface area (Å²) in [6.45, 7) is 8.91. The fraction of sp³-hybridized carbons (Fsp3) is 0.579. The van der Waals surface area contributed by atoms with Gasteiger partial charge in [0, 0.05) is 19.6 Å². The maximum atomic E-state index is 12.8. The van der Waals surface area contributed by atoms with E-state index in [9.17, 15) is 14.3 Å². The van der Waals surface area contributed by atoms with Crippen molar-refractivity contribution >= 4 is 12.1 Å². The summed E-state index contributed by atoms with van der Waals surface area (Å²) in [7, 11) is 0. The molecule has 0 heterocycles. The second-order valence-corrected chi connectivity index (χ2v) is 6.99. The molecule has 1 aromatic carbocycles. The van der Waals surface area contributed by atoms with E-state index in [0.717, 1.165) is 0 Å². The Bertz CT molecular complexity index is 617. The zero-order valence-corrected chi connectivity index (χ0v) is 16.9. The average molecular weight is 398 g/mol. The monoisotopic (exact) mass is 398 g/mol. The van der Waals surface area contributed by atoms with Crippen LogP contribution in [-0.4, -0.2) is 61.7 Å². The van der Waals surface area contributed by atoms with E-state index < -0.39 is 17.8 Å². The topological polar surface area (TPSA) is 104 Å².